The molecule has 1 saturated heterocycles. The van der Waals surface area contributed by atoms with Gasteiger partial charge in [-0.25, -0.2) is 0 Å². The first-order chi connectivity index (χ1) is 10.6. The molecule has 1 aliphatic rings. The van der Waals surface area contributed by atoms with Crippen LogP contribution >= 0.6 is 0 Å². The lowest BCUT2D eigenvalue weighted by Gasteiger charge is -2.27. The Bertz CT molecular complexity index is 573. The predicted octanol–water partition coefficient (Wildman–Crippen LogP) is 0.751. The lowest BCUT2D eigenvalue weighted by atomic mass is 10.4. The quantitative estimate of drug-likeness (QED) is 0.555. The van der Waals surface area contributed by atoms with Crippen molar-refractivity contribution >= 4 is 22.3 Å². The van der Waals surface area contributed by atoms with Gasteiger partial charge in [-0.2, -0.15) is 9.97 Å². The van der Waals surface area contributed by atoms with Gasteiger partial charge in [0.1, 0.15) is 0 Å². The fourth-order valence-electron chi connectivity index (χ4n) is 2.06. The number of rotatable bonds is 6. The topological polar surface area (TPSA) is 108 Å². The van der Waals surface area contributed by atoms with Gasteiger partial charge in [-0.15, -0.1) is 0 Å². The lowest BCUT2D eigenvalue weighted by Crippen LogP contribution is -2.38. The summed E-state index contributed by atoms with van der Waals surface area (Å²) in [4.78, 5) is 20.7. The fraction of sp³-hybridized carbons (Fsp3) is 0.667. The first-order valence-electron chi connectivity index (χ1n) is 6.98. The van der Waals surface area contributed by atoms with E-state index in [0.717, 1.165) is 0 Å². The molecule has 22 heavy (non-hydrogen) atoms. The van der Waals surface area contributed by atoms with E-state index in [1.165, 1.54) is 0 Å². The van der Waals surface area contributed by atoms with Gasteiger partial charge in [0.2, 0.25) is 5.82 Å². The largest absolute Gasteiger partial charge is 0.473 e. The number of aromatic nitrogens is 2. The third kappa shape index (κ3) is 3.62. The van der Waals surface area contributed by atoms with Crippen LogP contribution in [0, 0.1) is 10.1 Å². The van der Waals surface area contributed by atoms with Crippen LogP contribution in [0.1, 0.15) is 13.8 Å². The van der Waals surface area contributed by atoms with Crippen LogP contribution < -0.4 is 14.4 Å². The van der Waals surface area contributed by atoms with Gasteiger partial charge in [0.25, 0.3) is 0 Å². The lowest BCUT2D eigenvalue weighted by molar-refractivity contribution is -0.385. The molecule has 0 bridgehead atoms. The van der Waals surface area contributed by atoms with E-state index in [1.807, 2.05) is 0 Å². The summed E-state index contributed by atoms with van der Waals surface area (Å²) in [5.41, 5.74) is -0.280. The Kier molecular flexibility index (Phi) is 5.47. The van der Waals surface area contributed by atoms with Crippen molar-refractivity contribution in [3.8, 4) is 11.9 Å². The Balaban J connectivity index is 2.47. The summed E-state index contributed by atoms with van der Waals surface area (Å²) in [6.45, 7) is 4.94. The molecule has 0 spiro atoms. The molecule has 2 rings (SSSR count). The standard InChI is InChI=1S/C12H18N4O5S/c1-3-20-11-9(16(17)18)10(13-12(14-11)21-4-2)15-5-7-22(19)8-6-15/h3-8H2,1-2H3. The zero-order valence-corrected chi connectivity index (χ0v) is 13.3. The van der Waals surface area contributed by atoms with Gasteiger partial charge in [0.15, 0.2) is 0 Å². The third-order valence-electron chi connectivity index (χ3n) is 3.03. The summed E-state index contributed by atoms with van der Waals surface area (Å²) in [5.74, 6) is 0.959. The van der Waals surface area contributed by atoms with E-state index in [2.05, 4.69) is 9.97 Å². The predicted molar refractivity (Wildman–Crippen MR) is 81.1 cm³/mol. The van der Waals surface area contributed by atoms with Crippen molar-refractivity contribution < 1.29 is 18.6 Å². The molecule has 122 valence electrons. The summed E-state index contributed by atoms with van der Waals surface area (Å²) < 4.78 is 22.0. The van der Waals surface area contributed by atoms with Gasteiger partial charge >= 0.3 is 17.6 Å². The zero-order chi connectivity index (χ0) is 16.1. The number of hydrogen-bond donors (Lipinski definition) is 0. The minimum atomic E-state index is -0.887. The van der Waals surface area contributed by atoms with Crippen molar-refractivity contribution in [2.75, 3.05) is 42.7 Å². The van der Waals surface area contributed by atoms with Crippen molar-refractivity contribution in [1.82, 2.24) is 9.97 Å². The van der Waals surface area contributed by atoms with Crippen LogP contribution in [-0.2, 0) is 10.8 Å². The molecule has 0 amide bonds. The number of ether oxygens (including phenoxy) is 2. The number of nitrogens with zero attached hydrogens (tertiary/aromatic N) is 4. The average molecular weight is 330 g/mol. The molecule has 10 heteroatoms. The molecule has 0 N–H and O–H groups in total. The summed E-state index contributed by atoms with van der Waals surface area (Å²) in [6, 6.07) is 0.0400. The van der Waals surface area contributed by atoms with E-state index < -0.39 is 15.7 Å². The Labute approximate surface area is 130 Å². The first kappa shape index (κ1) is 16.4. The summed E-state index contributed by atoms with van der Waals surface area (Å²) in [6.07, 6.45) is 0. The highest BCUT2D eigenvalue weighted by Crippen LogP contribution is 2.36. The van der Waals surface area contributed by atoms with Crippen LogP contribution in [0.4, 0.5) is 11.5 Å². The number of nitro groups is 1. The molecule has 0 unspecified atom stereocenters. The van der Waals surface area contributed by atoms with Crippen LogP contribution in [0.2, 0.25) is 0 Å². The van der Waals surface area contributed by atoms with Gasteiger partial charge in [-0.1, -0.05) is 0 Å². The Morgan fingerprint density at radius 2 is 1.86 bits per heavy atom. The van der Waals surface area contributed by atoms with E-state index in [4.69, 9.17) is 9.47 Å². The second-order valence-electron chi connectivity index (χ2n) is 4.44. The smallest absolute Gasteiger partial charge is 0.373 e. The van der Waals surface area contributed by atoms with Gasteiger partial charge in [-0.05, 0) is 13.8 Å². The normalized spacial score (nSPS) is 15.6. The average Bonchev–Trinajstić information content (AvgIpc) is 2.48. The molecule has 0 atom stereocenters. The van der Waals surface area contributed by atoms with E-state index in [0.29, 0.717) is 31.2 Å². The van der Waals surface area contributed by atoms with Crippen LogP contribution in [0.3, 0.4) is 0 Å². The van der Waals surface area contributed by atoms with E-state index >= 15 is 0 Å². The second-order valence-corrected chi connectivity index (χ2v) is 6.14. The molecule has 1 fully saturated rings. The van der Waals surface area contributed by atoms with Crippen molar-refractivity contribution in [3.05, 3.63) is 10.1 Å². The Morgan fingerprint density at radius 3 is 2.41 bits per heavy atom. The van der Waals surface area contributed by atoms with Gasteiger partial charge in [-0.3, -0.25) is 14.3 Å². The van der Waals surface area contributed by atoms with Gasteiger partial charge in [0.05, 0.1) is 18.1 Å². The van der Waals surface area contributed by atoms with Crippen LogP contribution in [0.25, 0.3) is 0 Å². The van der Waals surface area contributed by atoms with Crippen LogP contribution in [0.15, 0.2) is 0 Å². The maximum absolute atomic E-state index is 11.5. The summed E-state index contributed by atoms with van der Waals surface area (Å²) >= 11 is 0. The molecule has 0 aromatic carbocycles. The van der Waals surface area contributed by atoms with Gasteiger partial charge < -0.3 is 14.4 Å². The highest BCUT2D eigenvalue weighted by molar-refractivity contribution is 7.85. The minimum absolute atomic E-state index is 0.0400. The van der Waals surface area contributed by atoms with Crippen molar-refractivity contribution in [3.63, 3.8) is 0 Å². The summed E-state index contributed by atoms with van der Waals surface area (Å²) in [7, 11) is -0.887. The molecule has 1 aliphatic heterocycles. The second kappa shape index (κ2) is 7.34. The van der Waals surface area contributed by atoms with Crippen LogP contribution in [0.5, 0.6) is 11.9 Å². The zero-order valence-electron chi connectivity index (χ0n) is 12.5. The minimum Gasteiger partial charge on any atom is -0.473 e. The fourth-order valence-corrected chi connectivity index (χ4v) is 3.12. The van der Waals surface area contributed by atoms with E-state index in [1.54, 1.807) is 18.7 Å². The summed E-state index contributed by atoms with van der Waals surface area (Å²) in [5, 5.41) is 11.4. The highest BCUT2D eigenvalue weighted by atomic mass is 32.2. The van der Waals surface area contributed by atoms with Crippen molar-refractivity contribution in [2.24, 2.45) is 0 Å². The van der Waals surface area contributed by atoms with Crippen molar-refractivity contribution in [1.29, 1.82) is 0 Å². The Hall–Kier alpha value is -1.97. The SMILES string of the molecule is CCOc1nc(OCC)c([N+](=O)[O-])c(N2CCS(=O)CC2)n1. The van der Waals surface area contributed by atoms with E-state index in [9.17, 15) is 14.3 Å². The molecular weight excluding hydrogens is 312 g/mol. The molecule has 0 aliphatic carbocycles. The van der Waals surface area contributed by atoms with Gasteiger partial charge in [0, 0.05) is 35.4 Å². The molecule has 9 nitrogen and oxygen atoms in total. The first-order valence-corrected chi connectivity index (χ1v) is 8.47. The third-order valence-corrected chi connectivity index (χ3v) is 4.30. The molecule has 1 aromatic heterocycles. The maximum atomic E-state index is 11.5. The van der Waals surface area contributed by atoms with Crippen LogP contribution in [-0.4, -0.2) is 56.9 Å². The number of anilines is 1. The number of hydrogen-bond acceptors (Lipinski definition) is 8. The molecule has 0 radical (unpaired) electrons. The van der Waals surface area contributed by atoms with Crippen molar-refractivity contribution in [2.45, 2.75) is 13.8 Å². The monoisotopic (exact) mass is 330 g/mol. The maximum Gasteiger partial charge on any atom is 0.373 e. The molecule has 2 heterocycles. The highest BCUT2D eigenvalue weighted by Gasteiger charge is 2.31. The molecule has 1 aromatic rings. The molecule has 0 saturated carbocycles. The molecular formula is C12H18N4O5S. The Morgan fingerprint density at radius 1 is 1.23 bits per heavy atom. The van der Waals surface area contributed by atoms with E-state index in [-0.39, 0.29) is 30.0 Å².